The summed E-state index contributed by atoms with van der Waals surface area (Å²) in [6.45, 7) is 4.92. The van der Waals surface area contributed by atoms with Crippen molar-refractivity contribution in [2.75, 3.05) is 19.7 Å². The number of hydrogen-bond donors (Lipinski definition) is 2. The minimum absolute atomic E-state index is 0.0133. The molecule has 122 valence electrons. The Bertz CT molecular complexity index is 551. The summed E-state index contributed by atoms with van der Waals surface area (Å²) in [5, 5.41) is 12.5. The number of urea groups is 1. The molecule has 1 heterocycles. The van der Waals surface area contributed by atoms with Crippen LogP contribution >= 0.6 is 11.6 Å². The van der Waals surface area contributed by atoms with Gasteiger partial charge in [0.15, 0.2) is 0 Å². The van der Waals surface area contributed by atoms with Crippen LogP contribution in [0, 0.1) is 5.82 Å². The van der Waals surface area contributed by atoms with Crippen molar-refractivity contribution in [3.05, 3.63) is 34.6 Å². The highest BCUT2D eigenvalue weighted by Gasteiger charge is 2.30. The van der Waals surface area contributed by atoms with Gasteiger partial charge in [0.2, 0.25) is 0 Å². The van der Waals surface area contributed by atoms with Crippen molar-refractivity contribution in [2.24, 2.45) is 0 Å². The van der Waals surface area contributed by atoms with Crippen molar-refractivity contribution < 1.29 is 14.3 Å². The van der Waals surface area contributed by atoms with Gasteiger partial charge in [0.1, 0.15) is 5.82 Å². The summed E-state index contributed by atoms with van der Waals surface area (Å²) in [6.07, 6.45) is 1.74. The van der Waals surface area contributed by atoms with Crippen LogP contribution in [0.4, 0.5) is 9.18 Å². The number of aliphatic hydroxyl groups excluding tert-OH is 1. The third-order valence-electron chi connectivity index (χ3n) is 4.19. The fourth-order valence-electron chi connectivity index (χ4n) is 2.82. The largest absolute Gasteiger partial charge is 0.394 e. The first-order chi connectivity index (χ1) is 10.3. The predicted molar refractivity (Wildman–Crippen MR) is 84.6 cm³/mol. The van der Waals surface area contributed by atoms with E-state index in [2.05, 4.69) is 5.32 Å². The number of carbonyl (C=O) groups excluding carboxylic acids is 1. The van der Waals surface area contributed by atoms with Gasteiger partial charge in [-0.1, -0.05) is 31.5 Å². The minimum atomic E-state index is -0.422. The maximum Gasteiger partial charge on any atom is 0.317 e. The molecule has 0 spiro atoms. The van der Waals surface area contributed by atoms with Crippen LogP contribution in [0.15, 0.2) is 18.2 Å². The zero-order valence-corrected chi connectivity index (χ0v) is 13.7. The van der Waals surface area contributed by atoms with E-state index in [1.54, 1.807) is 11.0 Å². The highest BCUT2D eigenvalue weighted by molar-refractivity contribution is 6.31. The van der Waals surface area contributed by atoms with Crippen LogP contribution in [-0.4, -0.2) is 41.8 Å². The first kappa shape index (κ1) is 17.0. The maximum atomic E-state index is 13.2. The second-order valence-corrected chi connectivity index (χ2v) is 6.75. The molecule has 1 aliphatic heterocycles. The molecule has 1 saturated heterocycles. The number of benzene rings is 1. The standard InChI is InChI=1S/C16H22ClFN2O2/c1-16(2,13-6-5-11(18)8-14(13)17)10-19-15(22)20-7-3-4-12(20)9-21/h5-6,8,12,21H,3-4,7,9-10H2,1-2H3,(H,19,22). The molecule has 1 fully saturated rings. The Morgan fingerprint density at radius 1 is 1.55 bits per heavy atom. The number of rotatable bonds is 4. The highest BCUT2D eigenvalue weighted by Crippen LogP contribution is 2.30. The van der Waals surface area contributed by atoms with Crippen LogP contribution in [0.25, 0.3) is 0 Å². The van der Waals surface area contributed by atoms with Gasteiger partial charge in [0.05, 0.1) is 12.6 Å². The zero-order valence-electron chi connectivity index (χ0n) is 12.9. The summed E-state index contributed by atoms with van der Waals surface area (Å²) in [7, 11) is 0. The van der Waals surface area contributed by atoms with Gasteiger partial charge in [-0.15, -0.1) is 0 Å². The van der Waals surface area contributed by atoms with E-state index in [1.165, 1.54) is 12.1 Å². The molecule has 0 radical (unpaired) electrons. The van der Waals surface area contributed by atoms with E-state index in [9.17, 15) is 14.3 Å². The lowest BCUT2D eigenvalue weighted by molar-refractivity contribution is 0.156. The fourth-order valence-corrected chi connectivity index (χ4v) is 3.25. The van der Waals surface area contributed by atoms with Crippen molar-refractivity contribution in [3.8, 4) is 0 Å². The molecule has 2 amide bonds. The average Bonchev–Trinajstić information content (AvgIpc) is 2.93. The molecule has 1 aliphatic rings. The summed E-state index contributed by atoms with van der Waals surface area (Å²) >= 11 is 6.11. The quantitative estimate of drug-likeness (QED) is 0.893. The zero-order chi connectivity index (χ0) is 16.3. The van der Waals surface area contributed by atoms with Gasteiger partial charge < -0.3 is 15.3 Å². The lowest BCUT2D eigenvalue weighted by atomic mass is 9.84. The number of amides is 2. The monoisotopic (exact) mass is 328 g/mol. The second-order valence-electron chi connectivity index (χ2n) is 6.34. The molecular weight excluding hydrogens is 307 g/mol. The predicted octanol–water partition coefficient (Wildman–Crippen LogP) is 2.92. The second kappa shape index (κ2) is 6.84. The Labute approximate surface area is 135 Å². The van der Waals surface area contributed by atoms with E-state index in [0.717, 1.165) is 18.4 Å². The Morgan fingerprint density at radius 2 is 2.27 bits per heavy atom. The van der Waals surface area contributed by atoms with Crippen LogP contribution in [0.1, 0.15) is 32.3 Å². The van der Waals surface area contributed by atoms with Crippen LogP contribution in [0.5, 0.6) is 0 Å². The Morgan fingerprint density at radius 3 is 2.91 bits per heavy atom. The molecule has 22 heavy (non-hydrogen) atoms. The number of nitrogens with zero attached hydrogens (tertiary/aromatic N) is 1. The molecule has 4 nitrogen and oxygen atoms in total. The number of nitrogens with one attached hydrogen (secondary N) is 1. The highest BCUT2D eigenvalue weighted by atomic mass is 35.5. The summed E-state index contributed by atoms with van der Waals surface area (Å²) < 4.78 is 13.2. The topological polar surface area (TPSA) is 52.6 Å². The van der Waals surface area contributed by atoms with E-state index in [4.69, 9.17) is 11.6 Å². The molecule has 2 N–H and O–H groups in total. The molecular formula is C16H22ClFN2O2. The summed E-state index contributed by atoms with van der Waals surface area (Å²) in [6, 6.07) is 4.02. The van der Waals surface area contributed by atoms with Crippen molar-refractivity contribution in [1.82, 2.24) is 10.2 Å². The molecule has 2 rings (SSSR count). The molecule has 1 aromatic carbocycles. The summed E-state index contributed by atoms with van der Waals surface area (Å²) in [5.74, 6) is -0.378. The van der Waals surface area contributed by atoms with Crippen LogP contribution < -0.4 is 5.32 Å². The molecule has 6 heteroatoms. The molecule has 1 aromatic rings. The smallest absolute Gasteiger partial charge is 0.317 e. The van der Waals surface area contributed by atoms with Crippen molar-refractivity contribution in [3.63, 3.8) is 0 Å². The van der Waals surface area contributed by atoms with E-state index in [0.29, 0.717) is 18.1 Å². The van der Waals surface area contributed by atoms with E-state index in [1.807, 2.05) is 13.8 Å². The third kappa shape index (κ3) is 3.70. The van der Waals surface area contributed by atoms with Gasteiger partial charge in [-0.3, -0.25) is 0 Å². The number of hydrogen-bond acceptors (Lipinski definition) is 2. The molecule has 1 atom stereocenters. The van der Waals surface area contributed by atoms with E-state index < -0.39 is 5.41 Å². The van der Waals surface area contributed by atoms with Gasteiger partial charge in [0.25, 0.3) is 0 Å². The Balaban J connectivity index is 2.01. The van der Waals surface area contributed by atoms with Gasteiger partial charge >= 0.3 is 6.03 Å². The number of aliphatic hydroxyl groups is 1. The SMILES string of the molecule is CC(C)(CNC(=O)N1CCCC1CO)c1ccc(F)cc1Cl. The normalized spacial score (nSPS) is 18.6. The van der Waals surface area contributed by atoms with Gasteiger partial charge in [-0.05, 0) is 30.5 Å². The van der Waals surface area contributed by atoms with E-state index in [-0.39, 0.29) is 24.5 Å². The molecule has 1 unspecified atom stereocenters. The number of carbonyl (C=O) groups is 1. The molecule has 0 aliphatic carbocycles. The first-order valence-electron chi connectivity index (χ1n) is 7.46. The Kier molecular flexibility index (Phi) is 5.29. The average molecular weight is 329 g/mol. The summed E-state index contributed by atoms with van der Waals surface area (Å²) in [5.41, 5.74) is 0.366. The van der Waals surface area contributed by atoms with Crippen molar-refractivity contribution in [2.45, 2.75) is 38.1 Å². The summed E-state index contributed by atoms with van der Waals surface area (Å²) in [4.78, 5) is 13.9. The Hall–Kier alpha value is -1.33. The lowest BCUT2D eigenvalue weighted by Crippen LogP contribution is -2.47. The van der Waals surface area contributed by atoms with Crippen molar-refractivity contribution >= 4 is 17.6 Å². The maximum absolute atomic E-state index is 13.2. The van der Waals surface area contributed by atoms with Crippen molar-refractivity contribution in [1.29, 1.82) is 0 Å². The molecule has 0 aromatic heterocycles. The van der Waals surface area contributed by atoms with Crippen LogP contribution in [-0.2, 0) is 5.41 Å². The van der Waals surface area contributed by atoms with E-state index >= 15 is 0 Å². The first-order valence-corrected chi connectivity index (χ1v) is 7.84. The minimum Gasteiger partial charge on any atom is -0.394 e. The van der Waals surface area contributed by atoms with Crippen LogP contribution in [0.3, 0.4) is 0 Å². The van der Waals surface area contributed by atoms with Gasteiger partial charge in [0, 0.05) is 23.5 Å². The van der Waals surface area contributed by atoms with Crippen LogP contribution in [0.2, 0.25) is 5.02 Å². The fraction of sp³-hybridized carbons (Fsp3) is 0.562. The molecule has 0 bridgehead atoms. The number of likely N-dealkylation sites (tertiary alicyclic amines) is 1. The molecule has 0 saturated carbocycles. The number of halogens is 2. The van der Waals surface area contributed by atoms with Gasteiger partial charge in [-0.2, -0.15) is 0 Å². The third-order valence-corrected chi connectivity index (χ3v) is 4.50. The van der Waals surface area contributed by atoms with Gasteiger partial charge in [-0.25, -0.2) is 9.18 Å². The lowest BCUT2D eigenvalue weighted by Gasteiger charge is -2.29.